The van der Waals surface area contributed by atoms with Crippen LogP contribution in [0.25, 0.3) is 0 Å². The highest BCUT2D eigenvalue weighted by Crippen LogP contribution is 2.17. The highest BCUT2D eigenvalue weighted by molar-refractivity contribution is 5.77. The molecule has 0 saturated heterocycles. The molecule has 1 aromatic rings. The van der Waals surface area contributed by atoms with Gasteiger partial charge in [-0.05, 0) is 31.5 Å². The van der Waals surface area contributed by atoms with Gasteiger partial charge in [0.25, 0.3) is 5.91 Å². The second-order valence-electron chi connectivity index (χ2n) is 4.51. The lowest BCUT2D eigenvalue weighted by Gasteiger charge is -2.14. The van der Waals surface area contributed by atoms with Gasteiger partial charge in [0.1, 0.15) is 5.75 Å². The second kappa shape index (κ2) is 8.53. The van der Waals surface area contributed by atoms with Crippen molar-refractivity contribution in [3.8, 4) is 5.75 Å². The average Bonchev–Trinajstić information content (AvgIpc) is 2.43. The molecule has 1 amide bonds. The largest absolute Gasteiger partial charge is 0.483 e. The van der Waals surface area contributed by atoms with Crippen molar-refractivity contribution in [2.24, 2.45) is 0 Å². The Bertz CT molecular complexity index is 393. The fraction of sp³-hybridized carbons (Fsp3) is 0.533. The van der Waals surface area contributed by atoms with E-state index in [-0.39, 0.29) is 18.6 Å². The number of amides is 1. The molecule has 1 rings (SSSR count). The SMILES string of the molecule is CCN[C@H](C)CNC(=O)COc1ccccc1CC. The molecule has 4 heteroatoms. The predicted molar refractivity (Wildman–Crippen MR) is 77.5 cm³/mol. The van der Waals surface area contributed by atoms with Gasteiger partial charge in [0, 0.05) is 12.6 Å². The van der Waals surface area contributed by atoms with Crippen molar-refractivity contribution in [3.05, 3.63) is 29.8 Å². The van der Waals surface area contributed by atoms with Crippen molar-refractivity contribution in [2.75, 3.05) is 19.7 Å². The van der Waals surface area contributed by atoms with Crippen LogP contribution in [0.5, 0.6) is 5.75 Å². The molecular formula is C15H24N2O2. The number of nitrogens with one attached hydrogen (secondary N) is 2. The number of rotatable bonds is 8. The van der Waals surface area contributed by atoms with Crippen molar-refractivity contribution in [1.82, 2.24) is 10.6 Å². The van der Waals surface area contributed by atoms with Gasteiger partial charge in [-0.3, -0.25) is 4.79 Å². The van der Waals surface area contributed by atoms with E-state index in [0.717, 1.165) is 24.3 Å². The molecule has 4 nitrogen and oxygen atoms in total. The van der Waals surface area contributed by atoms with Crippen LogP contribution in [0, 0.1) is 0 Å². The van der Waals surface area contributed by atoms with Gasteiger partial charge in [-0.25, -0.2) is 0 Å². The lowest BCUT2D eigenvalue weighted by atomic mass is 10.1. The van der Waals surface area contributed by atoms with Gasteiger partial charge in [0.2, 0.25) is 0 Å². The quantitative estimate of drug-likeness (QED) is 0.752. The van der Waals surface area contributed by atoms with Crippen LogP contribution in [-0.2, 0) is 11.2 Å². The van der Waals surface area contributed by atoms with Crippen LogP contribution in [0.2, 0.25) is 0 Å². The van der Waals surface area contributed by atoms with Crippen LogP contribution in [0.15, 0.2) is 24.3 Å². The number of hydrogen-bond acceptors (Lipinski definition) is 3. The molecule has 0 unspecified atom stereocenters. The predicted octanol–water partition coefficient (Wildman–Crippen LogP) is 1.74. The first kappa shape index (κ1) is 15.5. The summed E-state index contributed by atoms with van der Waals surface area (Å²) in [5.74, 6) is 0.704. The summed E-state index contributed by atoms with van der Waals surface area (Å²) < 4.78 is 5.55. The van der Waals surface area contributed by atoms with Gasteiger partial charge >= 0.3 is 0 Å². The summed E-state index contributed by atoms with van der Waals surface area (Å²) in [4.78, 5) is 11.7. The monoisotopic (exact) mass is 264 g/mol. The zero-order chi connectivity index (χ0) is 14.1. The minimum Gasteiger partial charge on any atom is -0.483 e. The van der Waals surface area contributed by atoms with E-state index in [9.17, 15) is 4.79 Å². The maximum atomic E-state index is 11.7. The normalized spacial score (nSPS) is 11.9. The van der Waals surface area contributed by atoms with Crippen molar-refractivity contribution in [1.29, 1.82) is 0 Å². The molecule has 1 atom stereocenters. The smallest absolute Gasteiger partial charge is 0.257 e. The summed E-state index contributed by atoms with van der Waals surface area (Å²) in [5.41, 5.74) is 1.12. The third kappa shape index (κ3) is 5.75. The Hall–Kier alpha value is -1.55. The third-order valence-electron chi connectivity index (χ3n) is 2.87. The molecule has 0 aliphatic carbocycles. The van der Waals surface area contributed by atoms with Gasteiger partial charge < -0.3 is 15.4 Å². The maximum Gasteiger partial charge on any atom is 0.257 e. The highest BCUT2D eigenvalue weighted by atomic mass is 16.5. The van der Waals surface area contributed by atoms with Crippen molar-refractivity contribution in [3.63, 3.8) is 0 Å². The van der Waals surface area contributed by atoms with Crippen LogP contribution in [0.1, 0.15) is 26.3 Å². The molecule has 0 spiro atoms. The zero-order valence-electron chi connectivity index (χ0n) is 12.0. The first-order valence-corrected chi connectivity index (χ1v) is 6.88. The first-order valence-electron chi connectivity index (χ1n) is 6.88. The topological polar surface area (TPSA) is 50.4 Å². The molecule has 0 fully saturated rings. The Morgan fingerprint density at radius 2 is 2.05 bits per heavy atom. The zero-order valence-corrected chi connectivity index (χ0v) is 12.0. The van der Waals surface area contributed by atoms with E-state index < -0.39 is 0 Å². The van der Waals surface area contributed by atoms with E-state index in [4.69, 9.17) is 4.74 Å². The number of likely N-dealkylation sites (N-methyl/N-ethyl adjacent to an activating group) is 1. The van der Waals surface area contributed by atoms with Crippen LogP contribution in [0.3, 0.4) is 0 Å². The second-order valence-corrected chi connectivity index (χ2v) is 4.51. The molecule has 0 bridgehead atoms. The minimum atomic E-state index is -0.0874. The molecule has 106 valence electrons. The van der Waals surface area contributed by atoms with E-state index in [1.165, 1.54) is 0 Å². The van der Waals surface area contributed by atoms with E-state index in [1.807, 2.05) is 38.1 Å². The summed E-state index contributed by atoms with van der Waals surface area (Å²) in [6.07, 6.45) is 0.898. The fourth-order valence-corrected chi connectivity index (χ4v) is 1.82. The fourth-order valence-electron chi connectivity index (χ4n) is 1.82. The van der Waals surface area contributed by atoms with E-state index in [2.05, 4.69) is 17.6 Å². The summed E-state index contributed by atoms with van der Waals surface area (Å²) in [5, 5.41) is 6.09. The minimum absolute atomic E-state index is 0.0653. The van der Waals surface area contributed by atoms with E-state index in [1.54, 1.807) is 0 Å². The molecule has 0 aliphatic heterocycles. The Morgan fingerprint density at radius 3 is 2.74 bits per heavy atom. The lowest BCUT2D eigenvalue weighted by molar-refractivity contribution is -0.123. The number of para-hydroxylation sites is 1. The number of ether oxygens (including phenoxy) is 1. The summed E-state index contributed by atoms with van der Waals surface area (Å²) in [7, 11) is 0. The maximum absolute atomic E-state index is 11.7. The Kier molecular flexibility index (Phi) is 6.97. The Balaban J connectivity index is 2.33. The third-order valence-corrected chi connectivity index (χ3v) is 2.87. The molecule has 0 radical (unpaired) electrons. The highest BCUT2D eigenvalue weighted by Gasteiger charge is 2.07. The summed E-state index contributed by atoms with van der Waals surface area (Å²) in [6.45, 7) is 7.74. The average molecular weight is 264 g/mol. The van der Waals surface area contributed by atoms with Crippen LogP contribution < -0.4 is 15.4 Å². The molecule has 2 N–H and O–H groups in total. The first-order chi connectivity index (χ1) is 9.17. The number of carbonyl (C=O) groups excluding carboxylic acids is 1. The number of aryl methyl sites for hydroxylation is 1. The summed E-state index contributed by atoms with van der Waals surface area (Å²) in [6, 6.07) is 8.08. The number of hydrogen-bond donors (Lipinski definition) is 2. The van der Waals surface area contributed by atoms with Gasteiger partial charge in [-0.15, -0.1) is 0 Å². The Morgan fingerprint density at radius 1 is 1.32 bits per heavy atom. The van der Waals surface area contributed by atoms with Gasteiger partial charge in [-0.1, -0.05) is 32.0 Å². The molecule has 0 aromatic heterocycles. The molecule has 0 saturated carbocycles. The van der Waals surface area contributed by atoms with Gasteiger partial charge in [0.05, 0.1) is 0 Å². The van der Waals surface area contributed by atoms with E-state index in [0.29, 0.717) is 6.54 Å². The molecule has 19 heavy (non-hydrogen) atoms. The van der Waals surface area contributed by atoms with Crippen LogP contribution >= 0.6 is 0 Å². The van der Waals surface area contributed by atoms with Crippen molar-refractivity contribution in [2.45, 2.75) is 33.2 Å². The number of benzene rings is 1. The van der Waals surface area contributed by atoms with E-state index >= 15 is 0 Å². The van der Waals surface area contributed by atoms with Crippen LogP contribution in [0.4, 0.5) is 0 Å². The van der Waals surface area contributed by atoms with Crippen molar-refractivity contribution >= 4 is 5.91 Å². The number of carbonyl (C=O) groups is 1. The summed E-state index contributed by atoms with van der Waals surface area (Å²) >= 11 is 0. The molecule has 0 heterocycles. The Labute approximate surface area is 115 Å². The lowest BCUT2D eigenvalue weighted by Crippen LogP contribution is -2.40. The molecule has 1 aromatic carbocycles. The van der Waals surface area contributed by atoms with Crippen molar-refractivity contribution < 1.29 is 9.53 Å². The standard InChI is InChI=1S/C15H24N2O2/c1-4-13-8-6-7-9-14(13)19-11-15(18)17-10-12(3)16-5-2/h6-9,12,16H,4-5,10-11H2,1-3H3,(H,17,18)/t12-/m1/s1. The van der Waals surface area contributed by atoms with Gasteiger partial charge in [0.15, 0.2) is 6.61 Å². The molecular weight excluding hydrogens is 240 g/mol. The van der Waals surface area contributed by atoms with Gasteiger partial charge in [-0.2, -0.15) is 0 Å². The van der Waals surface area contributed by atoms with Crippen LogP contribution in [-0.4, -0.2) is 31.6 Å². The molecule has 0 aliphatic rings.